The van der Waals surface area contributed by atoms with E-state index in [2.05, 4.69) is 6.92 Å². The number of hydrogen-bond donors (Lipinski definition) is 2. The topological polar surface area (TPSA) is 66.8 Å². The van der Waals surface area contributed by atoms with Gasteiger partial charge in [0.2, 0.25) is 0 Å². The molecule has 2 N–H and O–H groups in total. The molecular formula is C11H22O4. The van der Waals surface area contributed by atoms with Gasteiger partial charge in [0.25, 0.3) is 0 Å². The third kappa shape index (κ3) is 9.69. The number of carbonyl (C=O) groups excluding carboxylic acids is 1. The Kier molecular flexibility index (Phi) is 9.52. The maximum absolute atomic E-state index is 11.1. The van der Waals surface area contributed by atoms with E-state index in [0.717, 1.165) is 19.3 Å². The Labute approximate surface area is 91.3 Å². The first-order valence-corrected chi connectivity index (χ1v) is 5.65. The summed E-state index contributed by atoms with van der Waals surface area (Å²) in [5, 5.41) is 17.5. The molecule has 0 rings (SSSR count). The second-order valence-corrected chi connectivity index (χ2v) is 3.66. The Bertz CT molecular complexity index is 159. The van der Waals surface area contributed by atoms with Crippen molar-refractivity contribution in [2.45, 2.75) is 51.6 Å². The van der Waals surface area contributed by atoms with Gasteiger partial charge in [-0.2, -0.15) is 0 Å². The quantitative estimate of drug-likeness (QED) is 0.451. The molecule has 0 bridgehead atoms. The summed E-state index contributed by atoms with van der Waals surface area (Å²) >= 11 is 0. The smallest absolute Gasteiger partial charge is 0.305 e. The Hall–Kier alpha value is -0.610. The summed E-state index contributed by atoms with van der Waals surface area (Å²) in [4.78, 5) is 11.1. The van der Waals surface area contributed by atoms with Crippen LogP contribution in [0.5, 0.6) is 0 Å². The van der Waals surface area contributed by atoms with Gasteiger partial charge in [0, 0.05) is 6.42 Å². The summed E-state index contributed by atoms with van der Waals surface area (Å²) < 4.78 is 4.95. The molecule has 0 aromatic heterocycles. The summed E-state index contributed by atoms with van der Waals surface area (Å²) in [5.74, 6) is -0.165. The largest absolute Gasteiger partial charge is 0.466 e. The Morgan fingerprint density at radius 1 is 1.33 bits per heavy atom. The number of esters is 1. The molecule has 15 heavy (non-hydrogen) atoms. The van der Waals surface area contributed by atoms with E-state index >= 15 is 0 Å². The van der Waals surface area contributed by atoms with Gasteiger partial charge in [0.05, 0.1) is 19.3 Å². The van der Waals surface area contributed by atoms with Crippen molar-refractivity contribution in [1.29, 1.82) is 0 Å². The summed E-state index contributed by atoms with van der Waals surface area (Å²) in [5.41, 5.74) is 0. The van der Waals surface area contributed by atoms with Gasteiger partial charge in [-0.3, -0.25) is 4.79 Å². The lowest BCUT2D eigenvalue weighted by molar-refractivity contribution is -0.144. The molecular weight excluding hydrogens is 196 g/mol. The summed E-state index contributed by atoms with van der Waals surface area (Å²) in [6.07, 6.45) is 3.89. The zero-order valence-corrected chi connectivity index (χ0v) is 9.45. The zero-order valence-electron chi connectivity index (χ0n) is 9.45. The van der Waals surface area contributed by atoms with Crippen LogP contribution >= 0.6 is 0 Å². The SMILES string of the molecule is CCCCCC(=O)OCCCC(O)CO. The number of carbonyl (C=O) groups is 1. The standard InChI is InChI=1S/C11H22O4/c1-2-3-4-7-11(14)15-8-5-6-10(13)9-12/h10,12-13H,2-9H2,1H3. The number of hydrogen-bond acceptors (Lipinski definition) is 4. The van der Waals surface area contributed by atoms with Crippen LogP contribution in [0.15, 0.2) is 0 Å². The van der Waals surface area contributed by atoms with Crippen LogP contribution in [0.4, 0.5) is 0 Å². The highest BCUT2D eigenvalue weighted by Gasteiger charge is 2.04. The lowest BCUT2D eigenvalue weighted by Gasteiger charge is -2.07. The minimum absolute atomic E-state index is 0.165. The molecule has 0 fully saturated rings. The normalized spacial score (nSPS) is 12.5. The summed E-state index contributed by atoms with van der Waals surface area (Å²) in [6.45, 7) is 2.19. The van der Waals surface area contributed by atoms with E-state index in [-0.39, 0.29) is 12.6 Å². The number of unbranched alkanes of at least 4 members (excludes halogenated alkanes) is 2. The third-order valence-corrected chi connectivity index (χ3v) is 2.14. The molecule has 1 unspecified atom stereocenters. The van der Waals surface area contributed by atoms with E-state index in [1.807, 2.05) is 0 Å². The van der Waals surface area contributed by atoms with Crippen LogP contribution in [-0.4, -0.2) is 35.5 Å². The van der Waals surface area contributed by atoms with Crippen molar-refractivity contribution in [1.82, 2.24) is 0 Å². The molecule has 0 spiro atoms. The van der Waals surface area contributed by atoms with Crippen LogP contribution in [0.2, 0.25) is 0 Å². The number of aliphatic hydroxyl groups is 2. The molecule has 4 heteroatoms. The molecule has 0 aliphatic rings. The maximum atomic E-state index is 11.1. The molecule has 0 saturated carbocycles. The highest BCUT2D eigenvalue weighted by molar-refractivity contribution is 5.69. The van der Waals surface area contributed by atoms with Crippen LogP contribution in [-0.2, 0) is 9.53 Å². The molecule has 0 saturated heterocycles. The third-order valence-electron chi connectivity index (χ3n) is 2.14. The van der Waals surface area contributed by atoms with E-state index in [4.69, 9.17) is 14.9 Å². The van der Waals surface area contributed by atoms with Gasteiger partial charge in [-0.15, -0.1) is 0 Å². The highest BCUT2D eigenvalue weighted by atomic mass is 16.5. The number of aliphatic hydroxyl groups excluding tert-OH is 2. The predicted molar refractivity (Wildman–Crippen MR) is 57.4 cm³/mol. The fourth-order valence-electron chi connectivity index (χ4n) is 1.19. The van der Waals surface area contributed by atoms with Gasteiger partial charge in [-0.05, 0) is 19.3 Å². The van der Waals surface area contributed by atoms with Crippen molar-refractivity contribution >= 4 is 5.97 Å². The Balaban J connectivity index is 3.23. The van der Waals surface area contributed by atoms with E-state index in [1.165, 1.54) is 0 Å². The zero-order chi connectivity index (χ0) is 11.5. The first kappa shape index (κ1) is 14.4. The first-order chi connectivity index (χ1) is 7.20. The van der Waals surface area contributed by atoms with Gasteiger partial charge in [0.15, 0.2) is 0 Å². The van der Waals surface area contributed by atoms with Crippen LogP contribution in [0.3, 0.4) is 0 Å². The Morgan fingerprint density at radius 2 is 2.07 bits per heavy atom. The van der Waals surface area contributed by atoms with Crippen molar-refractivity contribution in [2.75, 3.05) is 13.2 Å². The van der Waals surface area contributed by atoms with Gasteiger partial charge in [0.1, 0.15) is 0 Å². The van der Waals surface area contributed by atoms with Gasteiger partial charge in [-0.1, -0.05) is 19.8 Å². The molecule has 4 nitrogen and oxygen atoms in total. The summed E-state index contributed by atoms with van der Waals surface area (Å²) in [6, 6.07) is 0. The fraction of sp³-hybridized carbons (Fsp3) is 0.909. The van der Waals surface area contributed by atoms with Crippen LogP contribution < -0.4 is 0 Å². The van der Waals surface area contributed by atoms with Crippen molar-refractivity contribution < 1.29 is 19.7 Å². The summed E-state index contributed by atoms with van der Waals surface area (Å²) in [7, 11) is 0. The average molecular weight is 218 g/mol. The molecule has 0 amide bonds. The molecule has 1 atom stereocenters. The molecule has 0 radical (unpaired) electrons. The van der Waals surface area contributed by atoms with Crippen LogP contribution in [0.25, 0.3) is 0 Å². The van der Waals surface area contributed by atoms with Crippen LogP contribution in [0, 0.1) is 0 Å². The van der Waals surface area contributed by atoms with E-state index in [9.17, 15) is 4.79 Å². The monoisotopic (exact) mass is 218 g/mol. The van der Waals surface area contributed by atoms with Gasteiger partial charge >= 0.3 is 5.97 Å². The van der Waals surface area contributed by atoms with Gasteiger partial charge < -0.3 is 14.9 Å². The van der Waals surface area contributed by atoms with Crippen molar-refractivity contribution in [2.24, 2.45) is 0 Å². The van der Waals surface area contributed by atoms with E-state index in [1.54, 1.807) is 0 Å². The second kappa shape index (κ2) is 9.93. The minimum Gasteiger partial charge on any atom is -0.466 e. The lowest BCUT2D eigenvalue weighted by Crippen LogP contribution is -2.13. The lowest BCUT2D eigenvalue weighted by atomic mass is 10.2. The molecule has 90 valence electrons. The number of rotatable bonds is 9. The average Bonchev–Trinajstić information content (AvgIpc) is 2.24. The van der Waals surface area contributed by atoms with E-state index in [0.29, 0.717) is 25.9 Å². The van der Waals surface area contributed by atoms with Crippen LogP contribution in [0.1, 0.15) is 45.4 Å². The van der Waals surface area contributed by atoms with Crippen molar-refractivity contribution in [3.8, 4) is 0 Å². The molecule has 0 heterocycles. The molecule has 0 aromatic carbocycles. The minimum atomic E-state index is -0.691. The maximum Gasteiger partial charge on any atom is 0.305 e. The fourth-order valence-corrected chi connectivity index (χ4v) is 1.19. The highest BCUT2D eigenvalue weighted by Crippen LogP contribution is 2.02. The van der Waals surface area contributed by atoms with Crippen molar-refractivity contribution in [3.05, 3.63) is 0 Å². The molecule has 0 aliphatic heterocycles. The van der Waals surface area contributed by atoms with Crippen molar-refractivity contribution in [3.63, 3.8) is 0 Å². The van der Waals surface area contributed by atoms with Gasteiger partial charge in [-0.25, -0.2) is 0 Å². The Morgan fingerprint density at radius 3 is 2.67 bits per heavy atom. The predicted octanol–water partition coefficient (Wildman–Crippen LogP) is 1.24. The van der Waals surface area contributed by atoms with E-state index < -0.39 is 6.10 Å². The molecule has 0 aromatic rings. The molecule has 0 aliphatic carbocycles. The number of ether oxygens (including phenoxy) is 1. The second-order valence-electron chi connectivity index (χ2n) is 3.66. The first-order valence-electron chi connectivity index (χ1n) is 5.65.